The van der Waals surface area contributed by atoms with Crippen LogP contribution in [-0.2, 0) is 6.42 Å². The van der Waals surface area contributed by atoms with E-state index in [9.17, 15) is 4.39 Å². The van der Waals surface area contributed by atoms with Crippen LogP contribution in [0.15, 0.2) is 29.0 Å². The first-order valence-corrected chi connectivity index (χ1v) is 6.59. The topological polar surface area (TPSA) is 47.0 Å². The molecule has 0 radical (unpaired) electrons. The number of nitrogens with one attached hydrogen (secondary N) is 1. The molecule has 0 aliphatic carbocycles. The normalized spacial score (nSPS) is 10.3. The predicted molar refractivity (Wildman–Crippen MR) is 75.1 cm³/mol. The average molecular weight is 326 g/mol. The number of nitrogens with zero attached hydrogens (tertiary/aromatic N) is 2. The molecule has 0 amide bonds. The van der Waals surface area contributed by atoms with Crippen LogP contribution < -0.4 is 10.1 Å². The lowest BCUT2D eigenvalue weighted by atomic mass is 10.2. The van der Waals surface area contributed by atoms with Crippen molar-refractivity contribution in [3.8, 4) is 11.6 Å². The molecule has 1 aromatic carbocycles. The van der Waals surface area contributed by atoms with Crippen molar-refractivity contribution >= 4 is 21.7 Å². The van der Waals surface area contributed by atoms with Gasteiger partial charge in [-0.2, -0.15) is 0 Å². The van der Waals surface area contributed by atoms with Crippen LogP contribution in [0.2, 0.25) is 0 Å². The highest BCUT2D eigenvalue weighted by atomic mass is 79.9. The molecule has 0 aliphatic rings. The molecule has 19 heavy (non-hydrogen) atoms. The monoisotopic (exact) mass is 325 g/mol. The molecule has 0 atom stereocenters. The van der Waals surface area contributed by atoms with Crippen LogP contribution in [0.5, 0.6) is 11.6 Å². The Balaban J connectivity index is 2.35. The standard InChI is InChI=1S/C13H13BrFN3O/c1-3-9-12(16-2)17-7-18-13(9)19-8-4-5-11(15)10(14)6-8/h4-7H,3H2,1-2H3,(H,16,17,18). The Morgan fingerprint density at radius 1 is 1.37 bits per heavy atom. The van der Waals surface area contributed by atoms with Crippen molar-refractivity contribution in [1.82, 2.24) is 9.97 Å². The Kier molecular flexibility index (Phi) is 4.31. The molecule has 4 nitrogen and oxygen atoms in total. The fourth-order valence-corrected chi connectivity index (χ4v) is 2.03. The van der Waals surface area contributed by atoms with Gasteiger partial charge in [-0.25, -0.2) is 14.4 Å². The summed E-state index contributed by atoms with van der Waals surface area (Å²) in [4.78, 5) is 8.25. The molecule has 0 bridgehead atoms. The van der Waals surface area contributed by atoms with Crippen LogP contribution in [0.1, 0.15) is 12.5 Å². The van der Waals surface area contributed by atoms with Crippen molar-refractivity contribution in [2.75, 3.05) is 12.4 Å². The highest BCUT2D eigenvalue weighted by Gasteiger charge is 2.11. The molecule has 1 heterocycles. The van der Waals surface area contributed by atoms with E-state index in [0.29, 0.717) is 16.1 Å². The van der Waals surface area contributed by atoms with Gasteiger partial charge in [0.1, 0.15) is 23.7 Å². The van der Waals surface area contributed by atoms with Crippen molar-refractivity contribution in [3.63, 3.8) is 0 Å². The third-order valence-electron chi connectivity index (χ3n) is 2.60. The van der Waals surface area contributed by atoms with Gasteiger partial charge in [0.25, 0.3) is 0 Å². The van der Waals surface area contributed by atoms with Gasteiger partial charge in [-0.05, 0) is 40.5 Å². The Hall–Kier alpha value is -1.69. The molecule has 0 unspecified atom stereocenters. The highest BCUT2D eigenvalue weighted by Crippen LogP contribution is 2.29. The van der Waals surface area contributed by atoms with E-state index in [1.165, 1.54) is 12.4 Å². The molecular formula is C13H13BrFN3O. The van der Waals surface area contributed by atoms with E-state index in [4.69, 9.17) is 4.74 Å². The zero-order chi connectivity index (χ0) is 13.8. The molecule has 100 valence electrons. The van der Waals surface area contributed by atoms with Gasteiger partial charge < -0.3 is 10.1 Å². The smallest absolute Gasteiger partial charge is 0.227 e. The molecule has 0 fully saturated rings. The van der Waals surface area contributed by atoms with Gasteiger partial charge in [-0.1, -0.05) is 6.92 Å². The average Bonchev–Trinajstić information content (AvgIpc) is 2.42. The van der Waals surface area contributed by atoms with Gasteiger partial charge in [0.05, 0.1) is 10.0 Å². The van der Waals surface area contributed by atoms with E-state index >= 15 is 0 Å². The summed E-state index contributed by atoms with van der Waals surface area (Å²) >= 11 is 3.12. The largest absolute Gasteiger partial charge is 0.439 e. The second kappa shape index (κ2) is 5.97. The Bertz CT molecular complexity index is 592. The summed E-state index contributed by atoms with van der Waals surface area (Å²) in [7, 11) is 1.79. The van der Waals surface area contributed by atoms with Crippen LogP contribution in [0.25, 0.3) is 0 Å². The Morgan fingerprint density at radius 3 is 2.79 bits per heavy atom. The second-order valence-electron chi connectivity index (χ2n) is 3.79. The van der Waals surface area contributed by atoms with Crippen molar-refractivity contribution in [2.45, 2.75) is 13.3 Å². The summed E-state index contributed by atoms with van der Waals surface area (Å²) in [5.74, 6) is 1.39. The maximum atomic E-state index is 13.2. The molecule has 1 aromatic heterocycles. The molecule has 0 saturated heterocycles. The minimum absolute atomic E-state index is 0.332. The van der Waals surface area contributed by atoms with Crippen molar-refractivity contribution in [3.05, 3.63) is 40.4 Å². The van der Waals surface area contributed by atoms with E-state index in [1.54, 1.807) is 19.2 Å². The van der Waals surface area contributed by atoms with E-state index in [-0.39, 0.29) is 5.82 Å². The summed E-state index contributed by atoms with van der Waals surface area (Å²) in [6.07, 6.45) is 2.16. The van der Waals surface area contributed by atoms with E-state index < -0.39 is 0 Å². The summed E-state index contributed by atoms with van der Waals surface area (Å²) in [5.41, 5.74) is 0.880. The summed E-state index contributed by atoms with van der Waals surface area (Å²) in [5, 5.41) is 2.99. The van der Waals surface area contributed by atoms with Gasteiger partial charge in [-0.3, -0.25) is 0 Å². The first-order chi connectivity index (χ1) is 9.15. The molecule has 2 rings (SSSR count). The molecule has 0 saturated carbocycles. The lowest BCUT2D eigenvalue weighted by Gasteiger charge is -2.12. The third kappa shape index (κ3) is 3.01. The zero-order valence-corrected chi connectivity index (χ0v) is 12.2. The molecular weight excluding hydrogens is 313 g/mol. The summed E-state index contributed by atoms with van der Waals surface area (Å²) in [6.45, 7) is 1.99. The van der Waals surface area contributed by atoms with Gasteiger partial charge in [0, 0.05) is 7.05 Å². The van der Waals surface area contributed by atoms with Crippen molar-refractivity contribution in [1.29, 1.82) is 0 Å². The SMILES string of the molecule is CCc1c(NC)ncnc1Oc1ccc(F)c(Br)c1. The van der Waals surface area contributed by atoms with Crippen molar-refractivity contribution in [2.24, 2.45) is 0 Å². The van der Waals surface area contributed by atoms with Gasteiger partial charge >= 0.3 is 0 Å². The first-order valence-electron chi connectivity index (χ1n) is 5.80. The lowest BCUT2D eigenvalue weighted by Crippen LogP contribution is -2.02. The fraction of sp³-hybridized carbons (Fsp3) is 0.231. The van der Waals surface area contributed by atoms with E-state index in [0.717, 1.165) is 17.8 Å². The van der Waals surface area contributed by atoms with Crippen LogP contribution >= 0.6 is 15.9 Å². The highest BCUT2D eigenvalue weighted by molar-refractivity contribution is 9.10. The van der Waals surface area contributed by atoms with Crippen LogP contribution in [0.4, 0.5) is 10.2 Å². The maximum Gasteiger partial charge on any atom is 0.227 e. The number of halogens is 2. The number of hydrogen-bond donors (Lipinski definition) is 1. The number of rotatable bonds is 4. The minimum atomic E-state index is -0.332. The number of aromatic nitrogens is 2. The number of hydrogen-bond acceptors (Lipinski definition) is 4. The maximum absolute atomic E-state index is 13.2. The van der Waals surface area contributed by atoms with Crippen molar-refractivity contribution < 1.29 is 9.13 Å². The summed E-state index contributed by atoms with van der Waals surface area (Å²) < 4.78 is 19.2. The molecule has 0 aliphatic heterocycles. The van der Waals surface area contributed by atoms with Crippen LogP contribution in [0.3, 0.4) is 0 Å². The van der Waals surface area contributed by atoms with Gasteiger partial charge in [0.2, 0.25) is 5.88 Å². The van der Waals surface area contributed by atoms with Gasteiger partial charge in [0.15, 0.2) is 0 Å². The number of anilines is 1. The second-order valence-corrected chi connectivity index (χ2v) is 4.64. The quantitative estimate of drug-likeness (QED) is 0.929. The Morgan fingerprint density at radius 2 is 2.16 bits per heavy atom. The zero-order valence-electron chi connectivity index (χ0n) is 10.6. The van der Waals surface area contributed by atoms with E-state index in [1.807, 2.05) is 6.92 Å². The molecule has 2 aromatic rings. The number of ether oxygens (including phenoxy) is 1. The third-order valence-corrected chi connectivity index (χ3v) is 3.21. The number of benzene rings is 1. The fourth-order valence-electron chi connectivity index (χ4n) is 1.67. The minimum Gasteiger partial charge on any atom is -0.439 e. The molecule has 0 spiro atoms. The first kappa shape index (κ1) is 13.7. The predicted octanol–water partition coefficient (Wildman–Crippen LogP) is 3.77. The van der Waals surface area contributed by atoms with Crippen LogP contribution in [-0.4, -0.2) is 17.0 Å². The molecule has 1 N–H and O–H groups in total. The molecule has 6 heteroatoms. The Labute approximate surface area is 119 Å². The van der Waals surface area contributed by atoms with Crippen LogP contribution in [0, 0.1) is 5.82 Å². The van der Waals surface area contributed by atoms with Gasteiger partial charge in [-0.15, -0.1) is 0 Å². The lowest BCUT2D eigenvalue weighted by molar-refractivity contribution is 0.453. The summed E-state index contributed by atoms with van der Waals surface area (Å²) in [6, 6.07) is 4.46. The van der Waals surface area contributed by atoms with E-state index in [2.05, 4.69) is 31.2 Å².